The van der Waals surface area contributed by atoms with Gasteiger partial charge in [-0.15, -0.1) is 0 Å². The summed E-state index contributed by atoms with van der Waals surface area (Å²) in [7, 11) is 0. The average Bonchev–Trinajstić information content (AvgIpc) is 3.21. The highest BCUT2D eigenvalue weighted by Gasteiger charge is 2.34. The van der Waals surface area contributed by atoms with Crippen molar-refractivity contribution in [3.05, 3.63) is 94.0 Å². The Labute approximate surface area is 168 Å². The number of amides is 1. The Morgan fingerprint density at radius 3 is 2.54 bits per heavy atom. The van der Waals surface area contributed by atoms with Crippen LogP contribution in [0.3, 0.4) is 0 Å². The summed E-state index contributed by atoms with van der Waals surface area (Å²) in [6.07, 6.45) is 0.813. The van der Waals surface area contributed by atoms with Crippen LogP contribution < -0.4 is 9.47 Å². The zero-order valence-electron chi connectivity index (χ0n) is 15.1. The lowest BCUT2D eigenvalue weighted by molar-refractivity contribution is 0.0694. The molecular formula is C23H18ClNO3. The molecule has 140 valence electrons. The Hall–Kier alpha value is -2.98. The van der Waals surface area contributed by atoms with Gasteiger partial charge in [0.05, 0.1) is 6.04 Å². The topological polar surface area (TPSA) is 38.8 Å². The molecule has 5 heteroatoms. The molecule has 1 amide bonds. The van der Waals surface area contributed by atoms with E-state index < -0.39 is 0 Å². The Bertz CT molecular complexity index is 1070. The first-order valence-corrected chi connectivity index (χ1v) is 9.63. The molecule has 1 atom stereocenters. The Balaban J connectivity index is 1.59. The van der Waals surface area contributed by atoms with Crippen LogP contribution in [0.1, 0.15) is 33.1 Å². The summed E-state index contributed by atoms with van der Waals surface area (Å²) in [5, 5.41) is 0.660. The van der Waals surface area contributed by atoms with E-state index in [9.17, 15) is 4.79 Å². The van der Waals surface area contributed by atoms with E-state index in [4.69, 9.17) is 21.1 Å². The van der Waals surface area contributed by atoms with E-state index in [-0.39, 0.29) is 18.7 Å². The van der Waals surface area contributed by atoms with Crippen LogP contribution in [0.25, 0.3) is 0 Å². The summed E-state index contributed by atoms with van der Waals surface area (Å²) >= 11 is 6.54. The van der Waals surface area contributed by atoms with Gasteiger partial charge in [-0.3, -0.25) is 4.79 Å². The lowest BCUT2D eigenvalue weighted by Gasteiger charge is -2.38. The van der Waals surface area contributed by atoms with Crippen molar-refractivity contribution in [2.24, 2.45) is 0 Å². The third-order valence-corrected chi connectivity index (χ3v) is 5.71. The number of hydrogen-bond acceptors (Lipinski definition) is 3. The maximum atomic E-state index is 13.5. The van der Waals surface area contributed by atoms with Crippen molar-refractivity contribution < 1.29 is 14.3 Å². The lowest BCUT2D eigenvalue weighted by atomic mass is 9.87. The van der Waals surface area contributed by atoms with Gasteiger partial charge in [0.25, 0.3) is 5.91 Å². The van der Waals surface area contributed by atoms with Crippen molar-refractivity contribution >= 4 is 17.5 Å². The van der Waals surface area contributed by atoms with Gasteiger partial charge in [0.1, 0.15) is 0 Å². The van der Waals surface area contributed by atoms with E-state index in [0.717, 1.165) is 17.5 Å². The normalized spacial score (nSPS) is 17.3. The zero-order valence-corrected chi connectivity index (χ0v) is 15.9. The lowest BCUT2D eigenvalue weighted by Crippen LogP contribution is -2.40. The number of benzene rings is 3. The summed E-state index contributed by atoms with van der Waals surface area (Å²) in [5.41, 5.74) is 3.89. The minimum atomic E-state index is -0.225. The highest BCUT2D eigenvalue weighted by atomic mass is 35.5. The van der Waals surface area contributed by atoms with E-state index in [1.807, 2.05) is 41.3 Å². The van der Waals surface area contributed by atoms with Crippen molar-refractivity contribution in [3.63, 3.8) is 0 Å². The molecule has 4 nitrogen and oxygen atoms in total. The molecule has 0 radical (unpaired) electrons. The second-order valence-corrected chi connectivity index (χ2v) is 7.35. The molecule has 2 aliphatic rings. The van der Waals surface area contributed by atoms with E-state index >= 15 is 0 Å². The quantitative estimate of drug-likeness (QED) is 0.626. The van der Waals surface area contributed by atoms with Gasteiger partial charge < -0.3 is 14.4 Å². The summed E-state index contributed by atoms with van der Waals surface area (Å²) in [6, 6.07) is 21.1. The van der Waals surface area contributed by atoms with Crippen LogP contribution in [0.15, 0.2) is 66.7 Å². The number of fused-ring (bicyclic) bond motifs is 2. The fourth-order valence-corrected chi connectivity index (χ4v) is 4.25. The van der Waals surface area contributed by atoms with Gasteiger partial charge in [-0.25, -0.2) is 0 Å². The molecule has 0 bridgehead atoms. The van der Waals surface area contributed by atoms with Gasteiger partial charge in [0.15, 0.2) is 11.5 Å². The van der Waals surface area contributed by atoms with Gasteiger partial charge in [-0.1, -0.05) is 54.1 Å². The highest BCUT2D eigenvalue weighted by molar-refractivity contribution is 6.31. The van der Waals surface area contributed by atoms with Crippen molar-refractivity contribution in [2.75, 3.05) is 13.3 Å². The number of carbonyl (C=O) groups excluding carboxylic acids is 1. The molecule has 3 aromatic rings. The molecule has 2 aliphatic heterocycles. The Morgan fingerprint density at radius 2 is 1.68 bits per heavy atom. The molecular weight excluding hydrogens is 374 g/mol. The largest absolute Gasteiger partial charge is 0.454 e. The van der Waals surface area contributed by atoms with Crippen molar-refractivity contribution in [1.29, 1.82) is 0 Å². The van der Waals surface area contributed by atoms with Crippen molar-refractivity contribution in [3.8, 4) is 11.5 Å². The van der Waals surface area contributed by atoms with E-state index in [1.165, 1.54) is 5.56 Å². The van der Waals surface area contributed by atoms with Crippen LogP contribution in [0.4, 0.5) is 0 Å². The number of hydrogen-bond donors (Lipinski definition) is 0. The molecule has 1 unspecified atom stereocenters. The molecule has 3 aromatic carbocycles. The second kappa shape index (κ2) is 6.88. The van der Waals surface area contributed by atoms with Crippen LogP contribution in [-0.4, -0.2) is 24.1 Å². The third-order valence-electron chi connectivity index (χ3n) is 5.36. The van der Waals surface area contributed by atoms with Crippen LogP contribution in [0, 0.1) is 0 Å². The maximum Gasteiger partial charge on any atom is 0.254 e. The van der Waals surface area contributed by atoms with Gasteiger partial charge >= 0.3 is 0 Å². The van der Waals surface area contributed by atoms with E-state index in [0.29, 0.717) is 28.6 Å². The summed E-state index contributed by atoms with van der Waals surface area (Å²) in [4.78, 5) is 15.4. The molecule has 5 rings (SSSR count). The predicted molar refractivity (Wildman–Crippen MR) is 107 cm³/mol. The number of halogens is 1. The first kappa shape index (κ1) is 17.1. The molecule has 28 heavy (non-hydrogen) atoms. The molecule has 0 saturated carbocycles. The van der Waals surface area contributed by atoms with Crippen LogP contribution in [0.2, 0.25) is 5.02 Å². The number of ether oxygens (including phenoxy) is 2. The number of rotatable bonds is 2. The van der Waals surface area contributed by atoms with E-state index in [2.05, 4.69) is 12.1 Å². The number of carbonyl (C=O) groups is 1. The van der Waals surface area contributed by atoms with Gasteiger partial charge in [-0.05, 0) is 47.4 Å². The molecule has 0 N–H and O–H groups in total. The first-order valence-electron chi connectivity index (χ1n) is 9.25. The highest BCUT2D eigenvalue weighted by Crippen LogP contribution is 2.40. The van der Waals surface area contributed by atoms with Crippen molar-refractivity contribution in [1.82, 2.24) is 4.90 Å². The average molecular weight is 392 g/mol. The predicted octanol–water partition coefficient (Wildman–Crippen LogP) is 4.86. The third kappa shape index (κ3) is 2.81. The molecule has 0 fully saturated rings. The Kier molecular flexibility index (Phi) is 4.21. The maximum absolute atomic E-state index is 13.5. The van der Waals surface area contributed by atoms with Gasteiger partial charge in [0, 0.05) is 17.1 Å². The molecule has 0 saturated heterocycles. The molecule has 2 heterocycles. The van der Waals surface area contributed by atoms with Gasteiger partial charge in [-0.2, -0.15) is 0 Å². The monoisotopic (exact) mass is 391 g/mol. The number of nitrogens with zero attached hydrogens (tertiary/aromatic N) is 1. The van der Waals surface area contributed by atoms with E-state index in [1.54, 1.807) is 18.2 Å². The summed E-state index contributed by atoms with van der Waals surface area (Å²) in [5.74, 6) is 1.23. The standard InChI is InChI=1S/C23H18ClNO3/c24-19-8-4-3-7-18(19)22-17-6-2-1-5-15(17)11-12-25(22)23(26)16-9-10-20-21(13-16)28-14-27-20/h1-10,13,22H,11-12,14H2. The fourth-order valence-electron chi connectivity index (χ4n) is 4.01. The van der Waals surface area contributed by atoms with Crippen LogP contribution >= 0.6 is 11.6 Å². The zero-order chi connectivity index (χ0) is 19.1. The summed E-state index contributed by atoms with van der Waals surface area (Å²) < 4.78 is 10.8. The molecule has 0 aromatic heterocycles. The fraction of sp³-hybridized carbons (Fsp3) is 0.174. The smallest absolute Gasteiger partial charge is 0.254 e. The molecule has 0 aliphatic carbocycles. The second-order valence-electron chi connectivity index (χ2n) is 6.94. The molecule has 0 spiro atoms. The van der Waals surface area contributed by atoms with Crippen LogP contribution in [0.5, 0.6) is 11.5 Å². The SMILES string of the molecule is O=C(c1ccc2c(c1)OCO2)N1CCc2ccccc2C1c1ccccc1Cl. The Morgan fingerprint density at radius 1 is 0.929 bits per heavy atom. The van der Waals surface area contributed by atoms with Crippen LogP contribution in [-0.2, 0) is 6.42 Å². The summed E-state index contributed by atoms with van der Waals surface area (Å²) in [6.45, 7) is 0.812. The minimum Gasteiger partial charge on any atom is -0.454 e. The van der Waals surface area contributed by atoms with Crippen molar-refractivity contribution in [2.45, 2.75) is 12.5 Å². The minimum absolute atomic E-state index is 0.0438. The van der Waals surface area contributed by atoms with Gasteiger partial charge in [0.2, 0.25) is 6.79 Å². The first-order chi connectivity index (χ1) is 13.7.